The number of piperidine rings is 1. The molecule has 4 heteroatoms. The minimum absolute atomic E-state index is 0.566. The zero-order valence-corrected chi connectivity index (χ0v) is 13.6. The molecular weight excluding hydrogens is 290 g/mol. The summed E-state index contributed by atoms with van der Waals surface area (Å²) in [6.45, 7) is 4.39. The van der Waals surface area contributed by atoms with Gasteiger partial charge in [0.15, 0.2) is 0 Å². The molecule has 0 saturated carbocycles. The van der Waals surface area contributed by atoms with Crippen molar-refractivity contribution in [3.63, 3.8) is 0 Å². The first-order valence-electron chi connectivity index (χ1n) is 7.95. The number of hydrogen-bond donors (Lipinski definition) is 3. The molecule has 0 aliphatic carbocycles. The molecule has 114 valence electrons. The van der Waals surface area contributed by atoms with E-state index in [0.717, 1.165) is 13.1 Å². The van der Waals surface area contributed by atoms with Crippen LogP contribution in [-0.2, 0) is 0 Å². The molecule has 0 amide bonds. The van der Waals surface area contributed by atoms with Crippen molar-refractivity contribution in [2.45, 2.75) is 35.6 Å². The summed E-state index contributed by atoms with van der Waals surface area (Å²) in [5.41, 5.74) is 4.98. The summed E-state index contributed by atoms with van der Waals surface area (Å²) in [6, 6.07) is 13.6. The van der Waals surface area contributed by atoms with E-state index in [2.05, 4.69) is 59.3 Å². The Morgan fingerprint density at radius 2 is 1.91 bits per heavy atom. The molecular formula is C18H21N3S. The lowest BCUT2D eigenvalue weighted by molar-refractivity contribution is 0.479. The van der Waals surface area contributed by atoms with Crippen LogP contribution in [0.1, 0.15) is 18.4 Å². The van der Waals surface area contributed by atoms with E-state index < -0.39 is 0 Å². The van der Waals surface area contributed by atoms with E-state index in [-0.39, 0.29) is 0 Å². The highest BCUT2D eigenvalue weighted by Gasteiger charge is 2.21. The first-order chi connectivity index (χ1) is 10.8. The van der Waals surface area contributed by atoms with Crippen molar-refractivity contribution in [1.29, 1.82) is 0 Å². The molecule has 0 spiro atoms. The van der Waals surface area contributed by atoms with Crippen LogP contribution < -0.4 is 16.0 Å². The van der Waals surface area contributed by atoms with Crippen LogP contribution in [0, 0.1) is 6.92 Å². The fraction of sp³-hybridized carbons (Fsp3) is 0.333. The SMILES string of the molecule is Cc1cc(NC2CCNCC2)c2c(c1)Sc1ccccc1N2. The summed E-state index contributed by atoms with van der Waals surface area (Å²) in [6.07, 6.45) is 2.37. The van der Waals surface area contributed by atoms with Crippen molar-refractivity contribution >= 4 is 28.8 Å². The third-order valence-electron chi connectivity index (χ3n) is 4.31. The highest BCUT2D eigenvalue weighted by molar-refractivity contribution is 7.99. The van der Waals surface area contributed by atoms with Crippen LogP contribution in [0.2, 0.25) is 0 Å². The van der Waals surface area contributed by atoms with Crippen molar-refractivity contribution in [3.8, 4) is 0 Å². The minimum atomic E-state index is 0.566. The maximum atomic E-state index is 3.76. The molecule has 2 aliphatic rings. The van der Waals surface area contributed by atoms with Crippen LogP contribution in [0.15, 0.2) is 46.2 Å². The number of benzene rings is 2. The van der Waals surface area contributed by atoms with Gasteiger partial charge in [-0.3, -0.25) is 0 Å². The number of aryl methyl sites for hydroxylation is 1. The van der Waals surface area contributed by atoms with Gasteiger partial charge < -0.3 is 16.0 Å². The number of fused-ring (bicyclic) bond motifs is 2. The summed E-state index contributed by atoms with van der Waals surface area (Å²) in [5, 5.41) is 10.8. The van der Waals surface area contributed by atoms with Gasteiger partial charge in [0, 0.05) is 15.8 Å². The van der Waals surface area contributed by atoms with Crippen molar-refractivity contribution in [3.05, 3.63) is 42.0 Å². The molecule has 1 fully saturated rings. The standard InChI is InChI=1S/C18H21N3S/c1-12-10-15(20-13-6-8-19-9-7-13)18-17(11-12)22-16-5-3-2-4-14(16)21-18/h2-5,10-11,13,19-21H,6-9H2,1H3. The van der Waals surface area contributed by atoms with Crippen LogP contribution >= 0.6 is 11.8 Å². The van der Waals surface area contributed by atoms with E-state index in [1.165, 1.54) is 45.3 Å². The quantitative estimate of drug-likeness (QED) is 0.657. The number of para-hydroxylation sites is 1. The number of hydrogen-bond acceptors (Lipinski definition) is 4. The van der Waals surface area contributed by atoms with Gasteiger partial charge >= 0.3 is 0 Å². The normalized spacial score (nSPS) is 17.3. The molecule has 2 aliphatic heterocycles. The van der Waals surface area contributed by atoms with E-state index >= 15 is 0 Å². The first kappa shape index (κ1) is 14.0. The fourth-order valence-electron chi connectivity index (χ4n) is 3.17. The third-order valence-corrected chi connectivity index (χ3v) is 5.43. The summed E-state index contributed by atoms with van der Waals surface area (Å²) in [5.74, 6) is 0. The Morgan fingerprint density at radius 3 is 2.77 bits per heavy atom. The van der Waals surface area contributed by atoms with Gasteiger partial charge in [0.05, 0.1) is 17.1 Å². The predicted molar refractivity (Wildman–Crippen MR) is 94.5 cm³/mol. The van der Waals surface area contributed by atoms with Crippen molar-refractivity contribution < 1.29 is 0 Å². The lowest BCUT2D eigenvalue weighted by Gasteiger charge is -2.29. The highest BCUT2D eigenvalue weighted by Crippen LogP contribution is 2.47. The van der Waals surface area contributed by atoms with Gasteiger partial charge in [0.1, 0.15) is 0 Å². The van der Waals surface area contributed by atoms with Crippen LogP contribution in [0.4, 0.5) is 17.1 Å². The summed E-state index contributed by atoms with van der Waals surface area (Å²) in [7, 11) is 0. The van der Waals surface area contributed by atoms with E-state index in [0.29, 0.717) is 6.04 Å². The molecule has 4 rings (SSSR count). The maximum Gasteiger partial charge on any atom is 0.0762 e. The number of anilines is 3. The van der Waals surface area contributed by atoms with Crippen molar-refractivity contribution in [2.24, 2.45) is 0 Å². The second-order valence-electron chi connectivity index (χ2n) is 6.08. The fourth-order valence-corrected chi connectivity index (χ4v) is 4.30. The molecule has 0 unspecified atom stereocenters. The van der Waals surface area contributed by atoms with Crippen LogP contribution in [0.25, 0.3) is 0 Å². The zero-order valence-electron chi connectivity index (χ0n) is 12.8. The van der Waals surface area contributed by atoms with Crippen molar-refractivity contribution in [1.82, 2.24) is 5.32 Å². The highest BCUT2D eigenvalue weighted by atomic mass is 32.2. The molecule has 2 heterocycles. The first-order valence-corrected chi connectivity index (χ1v) is 8.77. The van der Waals surface area contributed by atoms with Gasteiger partial charge in [-0.25, -0.2) is 0 Å². The van der Waals surface area contributed by atoms with Gasteiger partial charge in [-0.1, -0.05) is 23.9 Å². The molecule has 0 atom stereocenters. The van der Waals surface area contributed by atoms with Gasteiger partial charge in [-0.2, -0.15) is 0 Å². The average molecular weight is 311 g/mol. The molecule has 2 aromatic rings. The number of nitrogens with one attached hydrogen (secondary N) is 3. The zero-order chi connectivity index (χ0) is 14.9. The summed E-state index contributed by atoms with van der Waals surface area (Å²) >= 11 is 1.86. The van der Waals surface area contributed by atoms with Crippen LogP contribution in [-0.4, -0.2) is 19.1 Å². The Bertz CT molecular complexity index is 693. The van der Waals surface area contributed by atoms with Gasteiger partial charge in [0.25, 0.3) is 0 Å². The topological polar surface area (TPSA) is 36.1 Å². The predicted octanol–water partition coefficient (Wildman–Crippen LogP) is 4.37. The Hall–Kier alpha value is -1.65. The number of rotatable bonds is 2. The molecule has 0 bridgehead atoms. The molecule has 0 radical (unpaired) electrons. The third kappa shape index (κ3) is 2.69. The van der Waals surface area contributed by atoms with Gasteiger partial charge in [0.2, 0.25) is 0 Å². The molecule has 0 aromatic heterocycles. The monoisotopic (exact) mass is 311 g/mol. The Balaban J connectivity index is 1.67. The van der Waals surface area contributed by atoms with E-state index in [1.807, 2.05) is 11.8 Å². The van der Waals surface area contributed by atoms with Gasteiger partial charge in [-0.05, 0) is 62.7 Å². The van der Waals surface area contributed by atoms with E-state index in [1.54, 1.807) is 0 Å². The smallest absolute Gasteiger partial charge is 0.0762 e. The second-order valence-corrected chi connectivity index (χ2v) is 7.16. The minimum Gasteiger partial charge on any atom is -0.380 e. The average Bonchev–Trinajstić information content (AvgIpc) is 2.54. The maximum absolute atomic E-state index is 3.76. The van der Waals surface area contributed by atoms with Crippen LogP contribution in [0.5, 0.6) is 0 Å². The van der Waals surface area contributed by atoms with E-state index in [9.17, 15) is 0 Å². The molecule has 3 N–H and O–H groups in total. The lowest BCUT2D eigenvalue weighted by Crippen LogP contribution is -2.35. The Morgan fingerprint density at radius 1 is 1.09 bits per heavy atom. The largest absolute Gasteiger partial charge is 0.380 e. The van der Waals surface area contributed by atoms with Crippen molar-refractivity contribution in [2.75, 3.05) is 23.7 Å². The van der Waals surface area contributed by atoms with Crippen LogP contribution in [0.3, 0.4) is 0 Å². The molecule has 3 nitrogen and oxygen atoms in total. The molecule has 2 aromatic carbocycles. The molecule has 1 saturated heterocycles. The Labute approximate surface area is 135 Å². The summed E-state index contributed by atoms with van der Waals surface area (Å²) in [4.78, 5) is 2.61. The lowest BCUT2D eigenvalue weighted by atomic mass is 10.1. The summed E-state index contributed by atoms with van der Waals surface area (Å²) < 4.78 is 0. The second kappa shape index (κ2) is 5.86. The van der Waals surface area contributed by atoms with E-state index in [4.69, 9.17) is 0 Å². The molecule has 22 heavy (non-hydrogen) atoms. The Kier molecular flexibility index (Phi) is 3.72. The van der Waals surface area contributed by atoms with Gasteiger partial charge in [-0.15, -0.1) is 0 Å².